The average Bonchev–Trinajstić information content (AvgIpc) is 3.24. The van der Waals surface area contributed by atoms with Crippen molar-refractivity contribution < 1.29 is 13.6 Å². The quantitative estimate of drug-likeness (QED) is 0.249. The summed E-state index contributed by atoms with van der Waals surface area (Å²) in [6, 6.07) is 21.3. The number of aromatic nitrogens is 2. The molecule has 0 saturated heterocycles. The zero-order valence-corrected chi connectivity index (χ0v) is 21.3. The van der Waals surface area contributed by atoms with Gasteiger partial charge in [-0.25, -0.2) is 4.39 Å². The van der Waals surface area contributed by atoms with Crippen LogP contribution in [0.2, 0.25) is 10.0 Å². The molecule has 0 aliphatic carbocycles. The van der Waals surface area contributed by atoms with Crippen molar-refractivity contribution >= 4 is 50.9 Å². The van der Waals surface area contributed by atoms with Gasteiger partial charge in [0.1, 0.15) is 5.82 Å². The van der Waals surface area contributed by atoms with Crippen LogP contribution < -0.4 is 5.32 Å². The molecule has 0 saturated carbocycles. The summed E-state index contributed by atoms with van der Waals surface area (Å²) in [6.07, 6.45) is 1.75. The highest BCUT2D eigenvalue weighted by molar-refractivity contribution is 6.33. The fourth-order valence-corrected chi connectivity index (χ4v) is 3.75. The lowest BCUT2D eigenvalue weighted by Crippen LogP contribution is -2.24. The Kier molecular flexibility index (Phi) is 9.79. The van der Waals surface area contributed by atoms with Crippen molar-refractivity contribution in [3.63, 3.8) is 0 Å². The molecule has 0 radical (unpaired) electrons. The highest BCUT2D eigenvalue weighted by Crippen LogP contribution is 2.25. The van der Waals surface area contributed by atoms with Crippen molar-refractivity contribution in [1.82, 2.24) is 15.3 Å². The second-order valence-electron chi connectivity index (χ2n) is 7.72. The normalized spacial score (nSPS) is 10.3. The van der Waals surface area contributed by atoms with E-state index in [-0.39, 0.29) is 18.8 Å². The molecule has 3 aromatic carbocycles. The van der Waals surface area contributed by atoms with Crippen molar-refractivity contribution in [2.45, 2.75) is 20.4 Å². The van der Waals surface area contributed by atoms with Gasteiger partial charge in [0.05, 0.1) is 36.2 Å². The van der Waals surface area contributed by atoms with Gasteiger partial charge in [-0.3, -0.25) is 14.2 Å². The largest absolute Gasteiger partial charge is 0.353 e. The summed E-state index contributed by atoms with van der Waals surface area (Å²) in [5.74, 6) is -0.982. The number of halogens is 4. The highest BCUT2D eigenvalue weighted by Gasteiger charge is 2.11. The third-order valence-corrected chi connectivity index (χ3v) is 5.77. The van der Waals surface area contributed by atoms with Crippen molar-refractivity contribution in [2.24, 2.45) is 0 Å². The molecule has 0 bridgehead atoms. The molecule has 5 rings (SSSR count). The number of hydrogen-bond acceptors (Lipinski definition) is 2. The summed E-state index contributed by atoms with van der Waals surface area (Å²) in [4.78, 5) is 19.7. The van der Waals surface area contributed by atoms with Crippen LogP contribution >= 0.6 is 23.2 Å². The molecule has 0 aliphatic rings. The highest BCUT2D eigenvalue weighted by atomic mass is 35.5. The molecule has 0 spiro atoms. The number of aromatic amines is 1. The Balaban J connectivity index is 0.000000251. The van der Waals surface area contributed by atoms with Gasteiger partial charge in [-0.15, -0.1) is 0 Å². The number of nitrogens with one attached hydrogen (secondary N) is 2. The van der Waals surface area contributed by atoms with Crippen LogP contribution in [-0.2, 0) is 6.54 Å². The Morgan fingerprint density at radius 2 is 1.67 bits per heavy atom. The van der Waals surface area contributed by atoms with Crippen LogP contribution in [0.25, 0.3) is 21.8 Å². The number of rotatable bonds is 3. The Morgan fingerprint density at radius 3 is 2.36 bits per heavy atom. The number of carbonyl (C=O) groups excluding carboxylic acids is 1. The van der Waals surface area contributed by atoms with Crippen LogP contribution in [0.4, 0.5) is 8.78 Å². The van der Waals surface area contributed by atoms with Crippen LogP contribution in [0, 0.1) is 12.7 Å². The lowest BCUT2D eigenvalue weighted by molar-refractivity contribution is 0.0946. The summed E-state index contributed by atoms with van der Waals surface area (Å²) in [7, 11) is 0. The van der Waals surface area contributed by atoms with E-state index in [0.717, 1.165) is 43.1 Å². The Morgan fingerprint density at radius 1 is 0.972 bits per heavy atom. The van der Waals surface area contributed by atoms with E-state index in [9.17, 15) is 13.6 Å². The third-order valence-electron chi connectivity index (χ3n) is 5.12. The molecule has 4 nitrogen and oxygen atoms in total. The number of fused-ring (bicyclic) bond motifs is 3. The number of benzene rings is 3. The molecule has 0 atom stereocenters. The number of pyridine rings is 1. The van der Waals surface area contributed by atoms with E-state index in [1.165, 1.54) is 19.1 Å². The number of carbonyl (C=O) groups is 1. The zero-order valence-electron chi connectivity index (χ0n) is 19.8. The first kappa shape index (κ1) is 27.1. The van der Waals surface area contributed by atoms with Gasteiger partial charge < -0.3 is 10.3 Å². The first-order valence-electron chi connectivity index (χ1n) is 11.2. The molecule has 8 heteroatoms. The molecule has 1 amide bonds. The van der Waals surface area contributed by atoms with Crippen molar-refractivity contribution in [2.75, 3.05) is 6.67 Å². The lowest BCUT2D eigenvalue weighted by Gasteiger charge is -2.06. The summed E-state index contributed by atoms with van der Waals surface area (Å²) in [5, 5.41) is 6.37. The maximum absolute atomic E-state index is 13.6. The molecule has 0 unspecified atom stereocenters. The molecule has 186 valence electrons. The van der Waals surface area contributed by atoms with Crippen LogP contribution in [0.3, 0.4) is 0 Å². The monoisotopic (exact) mass is 527 g/mol. The predicted octanol–water partition coefficient (Wildman–Crippen LogP) is 8.06. The van der Waals surface area contributed by atoms with E-state index in [4.69, 9.17) is 23.2 Å². The van der Waals surface area contributed by atoms with E-state index in [0.29, 0.717) is 0 Å². The first-order chi connectivity index (χ1) is 17.3. The number of para-hydroxylation sites is 1. The summed E-state index contributed by atoms with van der Waals surface area (Å²) in [5.41, 5.74) is 3.76. The van der Waals surface area contributed by atoms with E-state index < -0.39 is 11.7 Å². The molecule has 2 aromatic heterocycles. The lowest BCUT2D eigenvalue weighted by atomic mass is 10.1. The molecule has 5 aromatic rings. The van der Waals surface area contributed by atoms with E-state index in [1.54, 1.807) is 30.5 Å². The number of H-pyrrole nitrogens is 1. The van der Waals surface area contributed by atoms with Crippen LogP contribution in [0.5, 0.6) is 0 Å². The molecule has 2 N–H and O–H groups in total. The number of hydrogen-bond donors (Lipinski definition) is 2. The zero-order chi connectivity index (χ0) is 26.1. The predicted molar refractivity (Wildman–Crippen MR) is 144 cm³/mol. The van der Waals surface area contributed by atoms with E-state index >= 15 is 0 Å². The molecular weight excluding hydrogens is 503 g/mol. The third kappa shape index (κ3) is 7.03. The minimum atomic E-state index is -0.532. The number of nitrogens with zero attached hydrogens (tertiary/aromatic N) is 1. The van der Waals surface area contributed by atoms with Gasteiger partial charge in [0.2, 0.25) is 0 Å². The number of aryl methyl sites for hydroxylation is 1. The Hall–Kier alpha value is -3.48. The Bertz CT molecular complexity index is 1470. The van der Waals surface area contributed by atoms with Crippen molar-refractivity contribution in [3.8, 4) is 0 Å². The summed E-state index contributed by atoms with van der Waals surface area (Å²) in [6.45, 7) is 3.37. The van der Waals surface area contributed by atoms with Crippen LogP contribution in [-0.4, -0.2) is 22.5 Å². The number of alkyl halides is 1. The van der Waals surface area contributed by atoms with Crippen LogP contribution in [0.15, 0.2) is 79.0 Å². The minimum Gasteiger partial charge on any atom is -0.353 e. The maximum Gasteiger partial charge on any atom is 0.254 e. The van der Waals surface area contributed by atoms with Crippen molar-refractivity contribution in [3.05, 3.63) is 112 Å². The first-order valence-corrected chi connectivity index (χ1v) is 11.9. The van der Waals surface area contributed by atoms with Gasteiger partial charge in [-0.2, -0.15) is 0 Å². The topological polar surface area (TPSA) is 57.8 Å². The van der Waals surface area contributed by atoms with Gasteiger partial charge in [0, 0.05) is 26.3 Å². The Labute approximate surface area is 218 Å². The summed E-state index contributed by atoms with van der Waals surface area (Å²) >= 11 is 11.4. The smallest absolute Gasteiger partial charge is 0.254 e. The average molecular weight is 528 g/mol. The minimum absolute atomic E-state index is 0.0330. The molecule has 0 fully saturated rings. The molecule has 2 heterocycles. The van der Waals surface area contributed by atoms with Gasteiger partial charge in [-0.1, -0.05) is 53.5 Å². The fourth-order valence-electron chi connectivity index (χ4n) is 3.41. The second-order valence-corrected chi connectivity index (χ2v) is 8.56. The van der Waals surface area contributed by atoms with Gasteiger partial charge >= 0.3 is 0 Å². The molecule has 0 aliphatic heterocycles. The fraction of sp³-hybridized carbons (Fsp3) is 0.143. The number of amides is 1. The molecule has 36 heavy (non-hydrogen) atoms. The van der Waals surface area contributed by atoms with Gasteiger partial charge in [0.25, 0.3) is 5.91 Å². The van der Waals surface area contributed by atoms with E-state index in [1.807, 2.05) is 43.3 Å². The summed E-state index contributed by atoms with van der Waals surface area (Å²) < 4.78 is 23.9. The van der Waals surface area contributed by atoms with Gasteiger partial charge in [-0.05, 0) is 61.9 Å². The second kappa shape index (κ2) is 13.0. The maximum atomic E-state index is 13.6. The van der Waals surface area contributed by atoms with E-state index in [2.05, 4.69) is 15.3 Å². The van der Waals surface area contributed by atoms with Crippen molar-refractivity contribution in [1.29, 1.82) is 0 Å². The standard InChI is InChI=1S/C19H14FN3O.C7H6Cl2.C2H5F/c20-16-7-3-1-6-14(16)19(24)22-10-12-9-15-13-5-2-4-8-17(13)23-18(15)11-21-12;1-5-4-6(8)2-3-7(5)9;1-2-3/h1-9,11,23H,10H2,(H,22,24);2-4H,1H3;2H2,1H3. The van der Waals surface area contributed by atoms with Gasteiger partial charge in [0.15, 0.2) is 0 Å². The van der Waals surface area contributed by atoms with Crippen LogP contribution in [0.1, 0.15) is 28.5 Å². The molecular formula is C28H25Cl2F2N3O. The SMILES string of the molecule is CCF.Cc1cc(Cl)ccc1Cl.O=C(NCc1cc2c(cn1)[nH]c1ccccc12)c1ccccc1F.